The van der Waals surface area contributed by atoms with Gasteiger partial charge < -0.3 is 0 Å². The van der Waals surface area contributed by atoms with Crippen LogP contribution >= 0.6 is 11.6 Å². The molecule has 0 bridgehead atoms. The molecule has 1 aliphatic heterocycles. The largest absolute Gasteiger partial charge is 0.279 e. The third-order valence-corrected chi connectivity index (χ3v) is 6.16. The molecule has 5 heteroatoms. The number of hydrogen-bond donors (Lipinski definition) is 0. The minimum atomic E-state index is -0.947. The lowest BCUT2D eigenvalue weighted by Gasteiger charge is -2.15. The molecule has 2 fully saturated rings. The average Bonchev–Trinajstić information content (AvgIpc) is 2.89. The van der Waals surface area contributed by atoms with Crippen molar-refractivity contribution in [2.75, 3.05) is 0 Å². The summed E-state index contributed by atoms with van der Waals surface area (Å²) in [6.07, 6.45) is 13.2. The molecule has 1 saturated carbocycles. The van der Waals surface area contributed by atoms with Crippen LogP contribution in [-0.2, 0) is 16.1 Å². The second-order valence-electron chi connectivity index (χ2n) is 8.01. The fourth-order valence-corrected chi connectivity index (χ4v) is 4.37. The zero-order valence-corrected chi connectivity index (χ0v) is 17.4. The summed E-state index contributed by atoms with van der Waals surface area (Å²) in [6.45, 7) is 0.255. The zero-order valence-electron chi connectivity index (χ0n) is 16.6. The molecule has 0 radical (unpaired) electrons. The Morgan fingerprint density at radius 3 is 1.96 bits per heavy atom. The number of imide groups is 1. The number of alkyl halides is 1. The van der Waals surface area contributed by atoms with Gasteiger partial charge in [0.2, 0.25) is 0 Å². The van der Waals surface area contributed by atoms with Crippen LogP contribution in [0.3, 0.4) is 0 Å². The topological polar surface area (TPSA) is 49.7 Å². The van der Waals surface area contributed by atoms with Gasteiger partial charge in [-0.25, -0.2) is 0 Å². The predicted molar refractivity (Wildman–Crippen MR) is 114 cm³/mol. The summed E-state index contributed by atoms with van der Waals surface area (Å²) in [7, 11) is 0. The third kappa shape index (κ3) is 5.66. The summed E-state index contributed by atoms with van der Waals surface area (Å²) in [6, 6.07) is 9.64. The maximum Gasteiger partial charge on any atom is 0.276 e. The summed E-state index contributed by atoms with van der Waals surface area (Å²) in [5, 5.41) is -0.947. The molecule has 3 rings (SSSR count). The number of benzene rings is 1. The van der Waals surface area contributed by atoms with Crippen molar-refractivity contribution in [3.63, 3.8) is 0 Å². The molecule has 2 amide bonds. The zero-order chi connectivity index (χ0) is 19.8. The number of nitrogens with zero attached hydrogens (tertiary/aromatic N) is 2. The van der Waals surface area contributed by atoms with Gasteiger partial charge >= 0.3 is 0 Å². The van der Waals surface area contributed by atoms with Crippen LogP contribution in [0.15, 0.2) is 35.3 Å². The number of carbonyl (C=O) groups is 2. The van der Waals surface area contributed by atoms with Crippen LogP contribution in [0.25, 0.3) is 0 Å². The molecule has 1 saturated heterocycles. The van der Waals surface area contributed by atoms with Crippen LogP contribution in [0.1, 0.15) is 76.2 Å². The van der Waals surface area contributed by atoms with Gasteiger partial charge in [-0.2, -0.15) is 0 Å². The van der Waals surface area contributed by atoms with Crippen LogP contribution < -0.4 is 0 Å². The van der Waals surface area contributed by atoms with E-state index in [-0.39, 0.29) is 30.1 Å². The van der Waals surface area contributed by atoms with Crippen molar-refractivity contribution in [2.45, 2.75) is 88.6 Å². The quantitative estimate of drug-likeness (QED) is 0.510. The summed E-state index contributed by atoms with van der Waals surface area (Å²) in [5.41, 5.74) is 1.17. The van der Waals surface area contributed by atoms with E-state index >= 15 is 0 Å². The van der Waals surface area contributed by atoms with Gasteiger partial charge in [-0.15, -0.1) is 11.6 Å². The highest BCUT2D eigenvalue weighted by Crippen LogP contribution is 2.23. The molecule has 1 aliphatic carbocycles. The molecule has 1 aromatic carbocycles. The van der Waals surface area contributed by atoms with E-state index in [1.807, 2.05) is 30.3 Å². The van der Waals surface area contributed by atoms with Crippen molar-refractivity contribution in [3.05, 3.63) is 35.9 Å². The molecule has 152 valence electrons. The Labute approximate surface area is 173 Å². The summed E-state index contributed by atoms with van der Waals surface area (Å²) >= 11 is 6.34. The highest BCUT2D eigenvalue weighted by atomic mass is 35.5. The lowest BCUT2D eigenvalue weighted by molar-refractivity contribution is -0.137. The lowest BCUT2D eigenvalue weighted by atomic mass is 9.98. The first-order valence-corrected chi connectivity index (χ1v) is 11.2. The second kappa shape index (κ2) is 10.8. The van der Waals surface area contributed by atoms with E-state index in [2.05, 4.69) is 0 Å². The molecule has 0 N–H and O–H groups in total. The first-order chi connectivity index (χ1) is 13.7. The molecule has 4 nitrogen and oxygen atoms in total. The van der Waals surface area contributed by atoms with Crippen molar-refractivity contribution in [1.82, 2.24) is 4.90 Å². The van der Waals surface area contributed by atoms with E-state index in [0.29, 0.717) is 0 Å². The third-order valence-electron chi connectivity index (χ3n) is 5.77. The Morgan fingerprint density at radius 1 is 0.857 bits per heavy atom. The van der Waals surface area contributed by atoms with E-state index < -0.39 is 5.38 Å². The van der Waals surface area contributed by atoms with Gasteiger partial charge in [-0.05, 0) is 18.4 Å². The Kier molecular flexibility index (Phi) is 8.08. The van der Waals surface area contributed by atoms with Gasteiger partial charge in [0.1, 0.15) is 5.71 Å². The van der Waals surface area contributed by atoms with E-state index in [0.717, 1.165) is 31.2 Å². The number of likely N-dealkylation sites (tertiary alicyclic amines) is 1. The van der Waals surface area contributed by atoms with Gasteiger partial charge in [0.05, 0.1) is 12.6 Å². The Hall–Kier alpha value is -1.68. The Balaban J connectivity index is 1.69. The van der Waals surface area contributed by atoms with Crippen LogP contribution in [0.2, 0.25) is 0 Å². The van der Waals surface area contributed by atoms with Crippen molar-refractivity contribution in [1.29, 1.82) is 0 Å². The van der Waals surface area contributed by atoms with Crippen molar-refractivity contribution in [2.24, 2.45) is 4.99 Å². The Morgan fingerprint density at radius 2 is 1.39 bits per heavy atom. The van der Waals surface area contributed by atoms with Gasteiger partial charge in [-0.3, -0.25) is 19.5 Å². The maximum atomic E-state index is 12.9. The Bertz CT molecular complexity index is 677. The molecule has 28 heavy (non-hydrogen) atoms. The lowest BCUT2D eigenvalue weighted by Crippen LogP contribution is -2.30. The monoisotopic (exact) mass is 402 g/mol. The number of hydrogen-bond acceptors (Lipinski definition) is 3. The SMILES string of the molecule is O=C1C(=NC2CCCCCCCCCCC2)C(Cl)C(=O)N1Cc1ccccc1. The number of amides is 2. The molecule has 1 aromatic rings. The van der Waals surface area contributed by atoms with Gasteiger partial charge in [-0.1, -0.05) is 88.1 Å². The minimum Gasteiger partial charge on any atom is -0.279 e. The van der Waals surface area contributed by atoms with E-state index in [1.165, 1.54) is 49.8 Å². The molecule has 2 aliphatic rings. The number of halogens is 1. The number of rotatable bonds is 3. The molecule has 0 spiro atoms. The number of carbonyl (C=O) groups excluding carboxylic acids is 2. The van der Waals surface area contributed by atoms with Crippen molar-refractivity contribution >= 4 is 29.1 Å². The summed E-state index contributed by atoms with van der Waals surface area (Å²) in [5.74, 6) is -0.664. The fourth-order valence-electron chi connectivity index (χ4n) is 4.10. The van der Waals surface area contributed by atoms with Gasteiger partial charge in [0.25, 0.3) is 11.8 Å². The van der Waals surface area contributed by atoms with Crippen LogP contribution in [0.5, 0.6) is 0 Å². The van der Waals surface area contributed by atoms with E-state index in [1.54, 1.807) is 0 Å². The molecular formula is C23H31ClN2O2. The highest BCUT2D eigenvalue weighted by molar-refractivity contribution is 6.63. The van der Waals surface area contributed by atoms with Gasteiger partial charge in [0, 0.05) is 0 Å². The molecule has 1 heterocycles. The number of aliphatic imine (C=N–C) groups is 1. The molecule has 1 unspecified atom stereocenters. The van der Waals surface area contributed by atoms with Crippen LogP contribution in [-0.4, -0.2) is 33.8 Å². The van der Waals surface area contributed by atoms with E-state index in [4.69, 9.17) is 16.6 Å². The molecule has 0 aromatic heterocycles. The first kappa shape index (κ1) is 21.0. The minimum absolute atomic E-state index is 0.101. The predicted octanol–water partition coefficient (Wildman–Crippen LogP) is 5.28. The second-order valence-corrected chi connectivity index (χ2v) is 8.44. The van der Waals surface area contributed by atoms with Gasteiger partial charge in [0.15, 0.2) is 5.38 Å². The van der Waals surface area contributed by atoms with Crippen LogP contribution in [0, 0.1) is 0 Å². The van der Waals surface area contributed by atoms with Crippen molar-refractivity contribution < 1.29 is 9.59 Å². The van der Waals surface area contributed by atoms with E-state index in [9.17, 15) is 9.59 Å². The summed E-state index contributed by atoms with van der Waals surface area (Å²) < 4.78 is 0. The summed E-state index contributed by atoms with van der Waals surface area (Å²) in [4.78, 5) is 31.4. The standard InChI is InChI=1S/C23H31ClN2O2/c24-20-21(23(28)26(22(20)27)17-18-13-9-8-10-14-18)25-19-15-11-6-4-2-1-3-5-7-12-16-19/h8-10,13-14,19-20H,1-7,11-12,15-17H2. The molecule has 1 atom stereocenters. The highest BCUT2D eigenvalue weighted by Gasteiger charge is 2.44. The van der Waals surface area contributed by atoms with Crippen LogP contribution in [0.4, 0.5) is 0 Å². The average molecular weight is 403 g/mol. The molecular weight excluding hydrogens is 372 g/mol. The normalized spacial score (nSPS) is 25.0. The maximum absolute atomic E-state index is 12.9. The first-order valence-electron chi connectivity index (χ1n) is 10.8. The fraction of sp³-hybridized carbons (Fsp3) is 0.609. The van der Waals surface area contributed by atoms with Crippen molar-refractivity contribution in [3.8, 4) is 0 Å². The smallest absolute Gasteiger partial charge is 0.276 e.